The number of anilines is 1. The summed E-state index contributed by atoms with van der Waals surface area (Å²) in [4.78, 5) is 0. The van der Waals surface area contributed by atoms with Crippen LogP contribution in [-0.2, 0) is 6.42 Å². The fraction of sp³-hybridized carbons (Fsp3) is 0.0625. The van der Waals surface area contributed by atoms with Crippen LogP contribution in [-0.4, -0.2) is 0 Å². The highest BCUT2D eigenvalue weighted by Crippen LogP contribution is 2.23. The van der Waals surface area contributed by atoms with Crippen molar-refractivity contribution < 1.29 is 4.68 Å². The van der Waals surface area contributed by atoms with E-state index in [2.05, 4.69) is 18.2 Å². The number of nitrogen functional groups attached to an aromatic ring is 2. The van der Waals surface area contributed by atoms with Crippen LogP contribution >= 0.6 is 0 Å². The topological polar surface area (TPSA) is 55.9 Å². The van der Waals surface area contributed by atoms with Crippen LogP contribution in [0.3, 0.4) is 0 Å². The first-order chi connectivity index (χ1) is 9.25. The van der Waals surface area contributed by atoms with Crippen molar-refractivity contribution in [3.05, 3.63) is 71.9 Å². The molecule has 0 aliphatic rings. The maximum Gasteiger partial charge on any atom is 0.299 e. The van der Waals surface area contributed by atoms with Gasteiger partial charge in [0.2, 0.25) is 0 Å². The minimum Gasteiger partial charge on any atom is -0.285 e. The van der Waals surface area contributed by atoms with Gasteiger partial charge in [0.15, 0.2) is 0 Å². The Morgan fingerprint density at radius 3 is 2.37 bits per heavy atom. The lowest BCUT2D eigenvalue weighted by Crippen LogP contribution is -2.47. The van der Waals surface area contributed by atoms with Gasteiger partial charge in [0.1, 0.15) is 6.20 Å². The lowest BCUT2D eigenvalue weighted by atomic mass is 10.00. The SMILES string of the molecule is Nc1c(Cc2ccccc2)c2ccccc2c[n+]1N. The Kier molecular flexibility index (Phi) is 2.80. The van der Waals surface area contributed by atoms with Gasteiger partial charge in [-0.1, -0.05) is 54.6 Å². The number of rotatable bonds is 2. The van der Waals surface area contributed by atoms with Crippen molar-refractivity contribution in [3.8, 4) is 0 Å². The summed E-state index contributed by atoms with van der Waals surface area (Å²) in [5.74, 6) is 6.55. The van der Waals surface area contributed by atoms with Crippen LogP contribution in [0, 0.1) is 0 Å². The molecule has 0 amide bonds. The zero-order chi connectivity index (χ0) is 13.2. The van der Waals surface area contributed by atoms with E-state index in [0.29, 0.717) is 5.82 Å². The summed E-state index contributed by atoms with van der Waals surface area (Å²) in [6, 6.07) is 18.4. The molecular weight excluding hydrogens is 234 g/mol. The number of pyridine rings is 1. The fourth-order valence-electron chi connectivity index (χ4n) is 2.38. The first-order valence-electron chi connectivity index (χ1n) is 6.26. The van der Waals surface area contributed by atoms with E-state index in [1.165, 1.54) is 10.2 Å². The molecule has 19 heavy (non-hydrogen) atoms. The second-order valence-electron chi connectivity index (χ2n) is 4.65. The quantitative estimate of drug-likeness (QED) is 0.540. The molecule has 3 aromatic rings. The molecule has 94 valence electrons. The molecular formula is C16H16N3+. The van der Waals surface area contributed by atoms with Crippen LogP contribution in [0.5, 0.6) is 0 Å². The molecule has 3 rings (SSSR count). The lowest BCUT2D eigenvalue weighted by Gasteiger charge is -2.08. The molecule has 0 bridgehead atoms. The van der Waals surface area contributed by atoms with Crippen LogP contribution in [0.4, 0.5) is 5.82 Å². The Bertz CT molecular complexity index is 721. The van der Waals surface area contributed by atoms with Crippen molar-refractivity contribution in [2.75, 3.05) is 11.6 Å². The van der Waals surface area contributed by atoms with Crippen molar-refractivity contribution in [1.29, 1.82) is 0 Å². The summed E-state index contributed by atoms with van der Waals surface area (Å²) in [7, 11) is 0. The van der Waals surface area contributed by atoms with Crippen molar-refractivity contribution >= 4 is 16.6 Å². The molecule has 0 radical (unpaired) electrons. The molecule has 0 unspecified atom stereocenters. The summed E-state index contributed by atoms with van der Waals surface area (Å²) in [6.07, 6.45) is 2.64. The van der Waals surface area contributed by atoms with Gasteiger partial charge in [-0.15, -0.1) is 4.68 Å². The van der Waals surface area contributed by atoms with Gasteiger partial charge in [-0.05, 0) is 10.9 Å². The van der Waals surface area contributed by atoms with Crippen molar-refractivity contribution in [1.82, 2.24) is 0 Å². The Balaban J connectivity index is 2.19. The third-order valence-electron chi connectivity index (χ3n) is 3.38. The fourth-order valence-corrected chi connectivity index (χ4v) is 2.38. The minimum absolute atomic E-state index is 0.613. The van der Waals surface area contributed by atoms with Gasteiger partial charge in [0, 0.05) is 11.8 Å². The molecule has 0 saturated carbocycles. The molecule has 0 spiro atoms. The van der Waals surface area contributed by atoms with Gasteiger partial charge < -0.3 is 0 Å². The van der Waals surface area contributed by atoms with Crippen LogP contribution < -0.4 is 16.3 Å². The predicted molar refractivity (Wildman–Crippen MR) is 78.0 cm³/mol. The van der Waals surface area contributed by atoms with E-state index in [1.54, 1.807) is 0 Å². The van der Waals surface area contributed by atoms with Crippen molar-refractivity contribution in [2.24, 2.45) is 0 Å². The summed E-state index contributed by atoms with van der Waals surface area (Å²) < 4.78 is 1.50. The smallest absolute Gasteiger partial charge is 0.285 e. The van der Waals surface area contributed by atoms with Crippen molar-refractivity contribution in [2.45, 2.75) is 6.42 Å². The molecule has 0 aliphatic carbocycles. The van der Waals surface area contributed by atoms with Crippen LogP contribution in [0.25, 0.3) is 10.8 Å². The van der Waals surface area contributed by atoms with Gasteiger partial charge in [-0.2, -0.15) is 0 Å². The maximum atomic E-state index is 6.13. The average molecular weight is 250 g/mol. The first kappa shape index (κ1) is 11.5. The molecule has 3 heteroatoms. The highest BCUT2D eigenvalue weighted by atomic mass is 15.3. The Morgan fingerprint density at radius 2 is 1.58 bits per heavy atom. The number of nitrogens with two attached hydrogens (primary N) is 2. The summed E-state index contributed by atoms with van der Waals surface area (Å²) in [5, 5.41) is 2.26. The van der Waals surface area contributed by atoms with Gasteiger partial charge in [0.25, 0.3) is 5.82 Å². The van der Waals surface area contributed by atoms with Crippen LogP contribution in [0.2, 0.25) is 0 Å². The minimum atomic E-state index is 0.613. The standard InChI is InChI=1S/C16H15N3/c17-16-15(10-12-6-2-1-3-7-12)14-9-5-4-8-13(14)11-19(16)18/h1-9,11,17H,10,18H2/p+1. The summed E-state index contributed by atoms with van der Waals surface area (Å²) in [5.41, 5.74) is 8.44. The van der Waals surface area contributed by atoms with Gasteiger partial charge in [-0.25, -0.2) is 0 Å². The van der Waals surface area contributed by atoms with Gasteiger partial charge in [0.05, 0.1) is 5.56 Å². The van der Waals surface area contributed by atoms with Gasteiger partial charge >= 0.3 is 0 Å². The van der Waals surface area contributed by atoms with Crippen molar-refractivity contribution in [3.63, 3.8) is 0 Å². The second kappa shape index (κ2) is 4.61. The average Bonchev–Trinajstić information content (AvgIpc) is 2.45. The molecule has 0 saturated heterocycles. The highest BCUT2D eigenvalue weighted by molar-refractivity contribution is 5.86. The Morgan fingerprint density at radius 1 is 0.895 bits per heavy atom. The molecule has 0 fully saturated rings. The molecule has 0 aliphatic heterocycles. The highest BCUT2D eigenvalue weighted by Gasteiger charge is 2.14. The number of benzene rings is 2. The van der Waals surface area contributed by atoms with E-state index in [4.69, 9.17) is 11.6 Å². The maximum absolute atomic E-state index is 6.13. The van der Waals surface area contributed by atoms with E-state index in [1.807, 2.05) is 42.6 Å². The van der Waals surface area contributed by atoms with E-state index in [-0.39, 0.29) is 0 Å². The van der Waals surface area contributed by atoms with Gasteiger partial charge in [-0.3, -0.25) is 11.6 Å². The monoisotopic (exact) mass is 250 g/mol. The molecule has 1 heterocycles. The first-order valence-corrected chi connectivity index (χ1v) is 6.26. The molecule has 1 aromatic heterocycles. The third kappa shape index (κ3) is 2.10. The largest absolute Gasteiger partial charge is 0.299 e. The normalized spacial score (nSPS) is 10.7. The number of hydrogen-bond donors (Lipinski definition) is 2. The molecule has 4 N–H and O–H groups in total. The second-order valence-corrected chi connectivity index (χ2v) is 4.65. The molecule has 2 aromatic carbocycles. The Labute approximate surface area is 112 Å². The zero-order valence-electron chi connectivity index (χ0n) is 10.6. The van der Waals surface area contributed by atoms with E-state index >= 15 is 0 Å². The number of hydrogen-bond acceptors (Lipinski definition) is 2. The predicted octanol–water partition coefficient (Wildman–Crippen LogP) is 2.01. The summed E-state index contributed by atoms with van der Waals surface area (Å²) in [6.45, 7) is 0. The van der Waals surface area contributed by atoms with Crippen LogP contribution in [0.1, 0.15) is 11.1 Å². The van der Waals surface area contributed by atoms with E-state index in [9.17, 15) is 0 Å². The number of aromatic nitrogens is 1. The number of nitrogens with zero attached hydrogens (tertiary/aromatic N) is 1. The van der Waals surface area contributed by atoms with Crippen LogP contribution in [0.15, 0.2) is 60.8 Å². The molecule has 3 nitrogen and oxygen atoms in total. The molecule has 0 atom stereocenters. The zero-order valence-corrected chi connectivity index (χ0v) is 10.6. The summed E-state index contributed by atoms with van der Waals surface area (Å²) >= 11 is 0. The third-order valence-corrected chi connectivity index (χ3v) is 3.38. The van der Waals surface area contributed by atoms with E-state index in [0.717, 1.165) is 22.8 Å². The number of fused-ring (bicyclic) bond motifs is 1. The van der Waals surface area contributed by atoms with E-state index < -0.39 is 0 Å². The lowest BCUT2D eigenvalue weighted by molar-refractivity contribution is -0.622. The Hall–Kier alpha value is -2.55.